The Bertz CT molecular complexity index is 649. The van der Waals surface area contributed by atoms with Crippen molar-refractivity contribution in [3.8, 4) is 0 Å². The number of benzene rings is 2. The van der Waals surface area contributed by atoms with Gasteiger partial charge in [0.1, 0.15) is 0 Å². The van der Waals surface area contributed by atoms with Gasteiger partial charge in [0.2, 0.25) is 0 Å². The third-order valence-corrected chi connectivity index (χ3v) is 4.41. The highest BCUT2D eigenvalue weighted by Crippen LogP contribution is 2.34. The van der Waals surface area contributed by atoms with Gasteiger partial charge in [-0.15, -0.1) is 0 Å². The van der Waals surface area contributed by atoms with E-state index in [1.54, 1.807) is 6.92 Å². The monoisotopic (exact) mass is 321 g/mol. The summed E-state index contributed by atoms with van der Waals surface area (Å²) in [5.41, 5.74) is 1.87. The van der Waals surface area contributed by atoms with Crippen molar-refractivity contribution in [2.45, 2.75) is 39.0 Å². The molecule has 0 N–H and O–H groups in total. The molecule has 0 amide bonds. The van der Waals surface area contributed by atoms with E-state index in [9.17, 15) is 13.2 Å². The van der Waals surface area contributed by atoms with Crippen LogP contribution in [-0.4, -0.2) is 11.9 Å². The molecule has 0 aliphatic heterocycles. The smallest absolute Gasteiger partial charge is 0.293 e. The number of hydrogen-bond acceptors (Lipinski definition) is 1. The second-order valence-electron chi connectivity index (χ2n) is 6.06. The summed E-state index contributed by atoms with van der Waals surface area (Å²) in [7, 11) is 1.94. The predicted molar refractivity (Wildman–Crippen MR) is 87.2 cm³/mol. The lowest BCUT2D eigenvalue weighted by Crippen LogP contribution is -2.26. The predicted octanol–water partition coefficient (Wildman–Crippen LogP) is 5.77. The van der Waals surface area contributed by atoms with E-state index in [-0.39, 0.29) is 12.1 Å². The highest BCUT2D eigenvalue weighted by molar-refractivity contribution is 5.33. The van der Waals surface area contributed by atoms with Crippen molar-refractivity contribution in [2.75, 3.05) is 7.05 Å². The summed E-state index contributed by atoms with van der Waals surface area (Å²) in [6.07, 6.45) is -4.32. The maximum atomic E-state index is 13.0. The minimum absolute atomic E-state index is 0.112. The first-order chi connectivity index (χ1) is 10.7. The van der Waals surface area contributed by atoms with Crippen molar-refractivity contribution in [1.29, 1.82) is 0 Å². The van der Waals surface area contributed by atoms with E-state index < -0.39 is 11.7 Å². The molecule has 0 heterocycles. The fourth-order valence-electron chi connectivity index (χ4n) is 2.75. The van der Waals surface area contributed by atoms with E-state index in [4.69, 9.17) is 0 Å². The van der Waals surface area contributed by atoms with Gasteiger partial charge in [0, 0.05) is 12.1 Å². The minimum atomic E-state index is -4.32. The Morgan fingerprint density at radius 2 is 1.43 bits per heavy atom. The van der Waals surface area contributed by atoms with Gasteiger partial charge in [-0.1, -0.05) is 42.0 Å². The second kappa shape index (κ2) is 6.75. The van der Waals surface area contributed by atoms with Gasteiger partial charge in [-0.05, 0) is 51.1 Å². The molecule has 0 saturated carbocycles. The summed E-state index contributed by atoms with van der Waals surface area (Å²) in [6.45, 7) is 5.70. The molecule has 2 aromatic carbocycles. The average molecular weight is 321 g/mol. The Hall–Kier alpha value is -1.81. The lowest BCUT2D eigenvalue weighted by atomic mass is 9.98. The van der Waals surface area contributed by atoms with E-state index in [0.717, 1.165) is 5.56 Å². The molecular weight excluding hydrogens is 299 g/mol. The maximum absolute atomic E-state index is 13.0. The number of alkyl halides is 3. The van der Waals surface area contributed by atoms with Crippen LogP contribution >= 0.6 is 0 Å². The SMILES string of the molecule is Cc1cc([C@H](C)N(C)C(C)c2ccccc2)cc(C(F)(F)F)c1. The number of halogens is 3. The molecule has 124 valence electrons. The van der Waals surface area contributed by atoms with Crippen LogP contribution in [0.5, 0.6) is 0 Å². The Kier molecular flexibility index (Phi) is 5.15. The summed E-state index contributed by atoms with van der Waals surface area (Å²) in [4.78, 5) is 2.09. The van der Waals surface area contributed by atoms with Gasteiger partial charge in [0.25, 0.3) is 0 Å². The molecule has 23 heavy (non-hydrogen) atoms. The normalized spacial score (nSPS) is 14.8. The highest BCUT2D eigenvalue weighted by Gasteiger charge is 2.31. The van der Waals surface area contributed by atoms with Crippen LogP contribution in [0, 0.1) is 6.92 Å². The average Bonchev–Trinajstić information content (AvgIpc) is 2.52. The van der Waals surface area contributed by atoms with Crippen molar-refractivity contribution in [3.05, 3.63) is 70.8 Å². The molecule has 2 aromatic rings. The van der Waals surface area contributed by atoms with Gasteiger partial charge in [-0.2, -0.15) is 13.2 Å². The molecule has 1 nitrogen and oxygen atoms in total. The van der Waals surface area contributed by atoms with Crippen molar-refractivity contribution < 1.29 is 13.2 Å². The van der Waals surface area contributed by atoms with E-state index in [1.165, 1.54) is 12.1 Å². The molecular formula is C19H22F3N. The summed E-state index contributed by atoms with van der Waals surface area (Å²) < 4.78 is 39.1. The zero-order valence-electron chi connectivity index (χ0n) is 13.9. The first-order valence-electron chi connectivity index (χ1n) is 7.66. The van der Waals surface area contributed by atoms with E-state index in [1.807, 2.05) is 50.4 Å². The van der Waals surface area contributed by atoms with Gasteiger partial charge in [-0.3, -0.25) is 4.90 Å². The lowest BCUT2D eigenvalue weighted by Gasteiger charge is -2.32. The lowest BCUT2D eigenvalue weighted by molar-refractivity contribution is -0.137. The summed E-state index contributed by atoms with van der Waals surface area (Å²) in [5.74, 6) is 0. The number of rotatable bonds is 4. The van der Waals surface area contributed by atoms with Gasteiger partial charge in [-0.25, -0.2) is 0 Å². The number of hydrogen-bond donors (Lipinski definition) is 0. The molecule has 4 heteroatoms. The van der Waals surface area contributed by atoms with Gasteiger partial charge >= 0.3 is 6.18 Å². The fraction of sp³-hybridized carbons (Fsp3) is 0.368. The molecule has 0 radical (unpaired) electrons. The first kappa shape index (κ1) is 17.5. The van der Waals surface area contributed by atoms with Crippen LogP contribution in [0.3, 0.4) is 0 Å². The number of aryl methyl sites for hydroxylation is 1. The minimum Gasteiger partial charge on any atom is -0.293 e. The van der Waals surface area contributed by atoms with E-state index in [2.05, 4.69) is 11.8 Å². The standard InChI is InChI=1S/C19H22F3N/c1-13-10-17(12-18(11-13)19(20,21)22)15(3)23(4)14(2)16-8-6-5-7-9-16/h5-12,14-15H,1-4H3/t14?,15-/m0/s1. The summed E-state index contributed by atoms with van der Waals surface area (Å²) in [6, 6.07) is 14.2. The van der Waals surface area contributed by atoms with Crippen molar-refractivity contribution in [3.63, 3.8) is 0 Å². The molecule has 0 spiro atoms. The third-order valence-electron chi connectivity index (χ3n) is 4.41. The van der Waals surface area contributed by atoms with Gasteiger partial charge < -0.3 is 0 Å². The first-order valence-corrected chi connectivity index (χ1v) is 7.66. The Balaban J connectivity index is 2.29. The molecule has 0 aliphatic rings. The quantitative estimate of drug-likeness (QED) is 0.691. The number of nitrogens with zero attached hydrogens (tertiary/aromatic N) is 1. The second-order valence-corrected chi connectivity index (χ2v) is 6.06. The summed E-state index contributed by atoms with van der Waals surface area (Å²) >= 11 is 0. The maximum Gasteiger partial charge on any atom is 0.416 e. The molecule has 0 bridgehead atoms. The molecule has 1 unspecified atom stereocenters. The Labute approximate surface area is 135 Å². The van der Waals surface area contributed by atoms with Crippen LogP contribution in [0.4, 0.5) is 13.2 Å². The van der Waals surface area contributed by atoms with E-state index >= 15 is 0 Å². The van der Waals surface area contributed by atoms with E-state index in [0.29, 0.717) is 11.1 Å². The zero-order valence-corrected chi connectivity index (χ0v) is 13.9. The molecule has 0 aliphatic carbocycles. The molecule has 2 rings (SSSR count). The third kappa shape index (κ3) is 4.14. The van der Waals surface area contributed by atoms with Crippen molar-refractivity contribution in [1.82, 2.24) is 4.90 Å². The van der Waals surface area contributed by atoms with Gasteiger partial charge in [0.15, 0.2) is 0 Å². The van der Waals surface area contributed by atoms with Crippen molar-refractivity contribution >= 4 is 0 Å². The van der Waals surface area contributed by atoms with Crippen LogP contribution in [0.15, 0.2) is 48.5 Å². The largest absolute Gasteiger partial charge is 0.416 e. The van der Waals surface area contributed by atoms with Gasteiger partial charge in [0.05, 0.1) is 5.56 Å². The van der Waals surface area contributed by atoms with Crippen LogP contribution < -0.4 is 0 Å². The van der Waals surface area contributed by atoms with Crippen LogP contribution in [0.1, 0.15) is 48.2 Å². The molecule has 0 fully saturated rings. The summed E-state index contributed by atoms with van der Waals surface area (Å²) in [5, 5.41) is 0. The van der Waals surface area contributed by atoms with Crippen molar-refractivity contribution in [2.24, 2.45) is 0 Å². The Morgan fingerprint density at radius 1 is 0.870 bits per heavy atom. The Morgan fingerprint density at radius 3 is 2.00 bits per heavy atom. The molecule has 0 saturated heterocycles. The fourth-order valence-corrected chi connectivity index (χ4v) is 2.75. The molecule has 0 aromatic heterocycles. The zero-order chi connectivity index (χ0) is 17.2. The highest BCUT2D eigenvalue weighted by atomic mass is 19.4. The topological polar surface area (TPSA) is 3.24 Å². The van der Waals surface area contributed by atoms with Crippen LogP contribution in [-0.2, 0) is 6.18 Å². The van der Waals surface area contributed by atoms with Crippen LogP contribution in [0.2, 0.25) is 0 Å². The van der Waals surface area contributed by atoms with Crippen LogP contribution in [0.25, 0.3) is 0 Å². The molecule has 2 atom stereocenters.